The summed E-state index contributed by atoms with van der Waals surface area (Å²) in [5.41, 5.74) is 4.24. The van der Waals surface area contributed by atoms with Gasteiger partial charge >= 0.3 is 5.97 Å². The lowest BCUT2D eigenvalue weighted by atomic mass is 9.68. The summed E-state index contributed by atoms with van der Waals surface area (Å²) >= 11 is 0. The topological polar surface area (TPSA) is 66.7 Å². The fraction of sp³-hybridized carbons (Fsp3) is 0.476. The lowest BCUT2D eigenvalue weighted by Gasteiger charge is -2.36. The van der Waals surface area contributed by atoms with Gasteiger partial charge in [0.2, 0.25) is 5.78 Å². The van der Waals surface area contributed by atoms with Crippen LogP contribution in [0.3, 0.4) is 0 Å². The minimum Gasteiger partial charge on any atom is -0.480 e. The van der Waals surface area contributed by atoms with E-state index in [9.17, 15) is 14.7 Å². The van der Waals surface area contributed by atoms with Gasteiger partial charge in [0.25, 0.3) is 0 Å². The molecular formula is C21H25NO3. The number of Topliss-reactive ketones (excluding diaryl/α,β-unsaturated/α-hetero) is 1. The van der Waals surface area contributed by atoms with E-state index in [1.807, 2.05) is 38.1 Å². The van der Waals surface area contributed by atoms with Crippen molar-refractivity contribution in [2.75, 3.05) is 0 Å². The monoisotopic (exact) mass is 339 g/mol. The molecule has 2 aliphatic carbocycles. The first-order valence-corrected chi connectivity index (χ1v) is 8.88. The van der Waals surface area contributed by atoms with E-state index in [4.69, 9.17) is 0 Å². The summed E-state index contributed by atoms with van der Waals surface area (Å²) in [6.07, 6.45) is 2.55. The molecule has 25 heavy (non-hydrogen) atoms. The first-order chi connectivity index (χ1) is 11.7. The highest BCUT2D eigenvalue weighted by Gasteiger charge is 2.37. The zero-order valence-corrected chi connectivity index (χ0v) is 15.3. The Kier molecular flexibility index (Phi) is 4.40. The van der Waals surface area contributed by atoms with Crippen molar-refractivity contribution in [1.82, 2.24) is 0 Å². The minimum atomic E-state index is -0.989. The average molecular weight is 339 g/mol. The van der Waals surface area contributed by atoms with E-state index in [-0.39, 0.29) is 17.1 Å². The number of allylic oxidation sites excluding steroid dienone is 2. The highest BCUT2D eigenvalue weighted by molar-refractivity contribution is 6.54. The van der Waals surface area contributed by atoms with Crippen molar-refractivity contribution in [3.05, 3.63) is 41.0 Å². The van der Waals surface area contributed by atoms with Crippen molar-refractivity contribution in [3.63, 3.8) is 0 Å². The van der Waals surface area contributed by atoms with E-state index in [0.29, 0.717) is 5.71 Å². The van der Waals surface area contributed by atoms with Gasteiger partial charge in [-0.3, -0.25) is 9.79 Å². The van der Waals surface area contributed by atoms with Crippen LogP contribution in [0.15, 0.2) is 34.8 Å². The molecule has 0 heterocycles. The van der Waals surface area contributed by atoms with Crippen molar-refractivity contribution < 1.29 is 14.7 Å². The molecule has 1 aromatic carbocycles. The zero-order chi connectivity index (χ0) is 18.4. The lowest BCUT2D eigenvalue weighted by Crippen LogP contribution is -2.33. The third-order valence-electron chi connectivity index (χ3n) is 5.22. The summed E-state index contributed by atoms with van der Waals surface area (Å²) in [7, 11) is 0. The number of carboxylic acids is 1. The number of benzene rings is 1. The van der Waals surface area contributed by atoms with Crippen molar-refractivity contribution in [2.24, 2.45) is 16.3 Å². The van der Waals surface area contributed by atoms with Gasteiger partial charge in [-0.05, 0) is 41.7 Å². The van der Waals surface area contributed by atoms with E-state index in [2.05, 4.69) is 18.8 Å². The van der Waals surface area contributed by atoms with E-state index in [1.54, 1.807) is 0 Å². The Labute approximate surface area is 148 Å². The summed E-state index contributed by atoms with van der Waals surface area (Å²) in [5.74, 6) is -1.25. The molecule has 0 amide bonds. The Balaban J connectivity index is 2.17. The third kappa shape index (κ3) is 3.17. The van der Waals surface area contributed by atoms with Gasteiger partial charge in [0.05, 0.1) is 0 Å². The minimum absolute atomic E-state index is 0.0869. The second-order valence-electron chi connectivity index (χ2n) is 8.18. The molecule has 3 rings (SSSR count). The van der Waals surface area contributed by atoms with Gasteiger partial charge < -0.3 is 5.11 Å². The molecular weight excluding hydrogens is 314 g/mol. The van der Waals surface area contributed by atoms with E-state index in [0.717, 1.165) is 41.5 Å². The van der Waals surface area contributed by atoms with Crippen molar-refractivity contribution >= 4 is 23.0 Å². The fourth-order valence-electron chi connectivity index (χ4n) is 3.77. The molecule has 0 fully saturated rings. The highest BCUT2D eigenvalue weighted by Crippen LogP contribution is 2.46. The molecule has 0 aliphatic heterocycles. The van der Waals surface area contributed by atoms with Gasteiger partial charge in [-0.25, -0.2) is 4.79 Å². The second-order valence-corrected chi connectivity index (χ2v) is 8.18. The summed E-state index contributed by atoms with van der Waals surface area (Å²) in [6, 6.07) is 6.85. The van der Waals surface area contributed by atoms with Crippen LogP contribution in [-0.2, 0) is 9.59 Å². The van der Waals surface area contributed by atoms with Crippen molar-refractivity contribution in [3.8, 4) is 0 Å². The molecule has 0 spiro atoms. The van der Waals surface area contributed by atoms with E-state index >= 15 is 0 Å². The molecule has 0 saturated carbocycles. The van der Waals surface area contributed by atoms with Crippen LogP contribution in [0.5, 0.6) is 0 Å². The molecule has 4 nitrogen and oxygen atoms in total. The molecule has 0 radical (unpaired) electrons. The van der Waals surface area contributed by atoms with Crippen LogP contribution in [-0.4, -0.2) is 28.6 Å². The molecule has 4 heteroatoms. The maximum absolute atomic E-state index is 13.1. The fourth-order valence-corrected chi connectivity index (χ4v) is 3.77. The zero-order valence-electron chi connectivity index (χ0n) is 15.3. The third-order valence-corrected chi connectivity index (χ3v) is 5.22. The largest absolute Gasteiger partial charge is 0.480 e. The summed E-state index contributed by atoms with van der Waals surface area (Å²) < 4.78 is 0. The Morgan fingerprint density at radius 3 is 2.40 bits per heavy atom. The molecule has 1 atom stereocenters. The van der Waals surface area contributed by atoms with Crippen LogP contribution < -0.4 is 0 Å². The number of rotatable bonds is 3. The molecule has 1 unspecified atom stereocenters. The van der Waals surface area contributed by atoms with Crippen molar-refractivity contribution in [2.45, 2.75) is 53.0 Å². The Morgan fingerprint density at radius 1 is 1.16 bits per heavy atom. The number of aliphatic imine (C=N–C) groups is 1. The van der Waals surface area contributed by atoms with Gasteiger partial charge in [0.1, 0.15) is 5.71 Å². The average Bonchev–Trinajstić information content (AvgIpc) is 2.53. The van der Waals surface area contributed by atoms with Gasteiger partial charge in [-0.1, -0.05) is 52.0 Å². The van der Waals surface area contributed by atoms with E-state index < -0.39 is 12.0 Å². The molecule has 1 aromatic rings. The summed E-state index contributed by atoms with van der Waals surface area (Å²) in [5, 5.41) is 9.48. The standard InChI is InChI=1S/C21H25NO3/c1-12(2)17(20(24)25)22-18-14-8-6-5-7-13(14)16-11-21(3,4)10-9-15(16)19(18)23/h5-8,12,17H,9-11H2,1-4H3,(H,24,25)/b22-18-. The maximum Gasteiger partial charge on any atom is 0.328 e. The quantitative estimate of drug-likeness (QED) is 0.900. The molecule has 0 aromatic heterocycles. The number of carbonyl (C=O) groups is 2. The van der Waals surface area contributed by atoms with Crippen LogP contribution in [0, 0.1) is 11.3 Å². The number of ketones is 1. The normalized spacial score (nSPS) is 22.0. The van der Waals surface area contributed by atoms with Crippen LogP contribution >= 0.6 is 0 Å². The molecule has 132 valence electrons. The Bertz CT molecular complexity index is 799. The predicted molar refractivity (Wildman–Crippen MR) is 98.8 cm³/mol. The van der Waals surface area contributed by atoms with Crippen LogP contribution in [0.25, 0.3) is 5.57 Å². The summed E-state index contributed by atoms with van der Waals surface area (Å²) in [4.78, 5) is 29.1. The number of hydrogen-bond acceptors (Lipinski definition) is 3. The smallest absolute Gasteiger partial charge is 0.328 e. The maximum atomic E-state index is 13.1. The van der Waals surface area contributed by atoms with E-state index in [1.165, 1.54) is 0 Å². The molecule has 0 bridgehead atoms. The number of carboxylic acid groups (broad SMARTS) is 1. The number of carbonyl (C=O) groups excluding carboxylic acids is 1. The number of nitrogens with zero attached hydrogens (tertiary/aromatic N) is 1. The van der Waals surface area contributed by atoms with Gasteiger partial charge in [-0.15, -0.1) is 0 Å². The van der Waals surface area contributed by atoms with Gasteiger partial charge in [-0.2, -0.15) is 0 Å². The van der Waals surface area contributed by atoms with Crippen LogP contribution in [0.4, 0.5) is 0 Å². The van der Waals surface area contributed by atoms with Crippen LogP contribution in [0.2, 0.25) is 0 Å². The first kappa shape index (κ1) is 17.6. The SMILES string of the molecule is CC(C)C(/N=C1\C(=O)C2=C(CC(C)(C)CC2)c2ccccc21)C(=O)O. The van der Waals surface area contributed by atoms with Gasteiger partial charge in [0.15, 0.2) is 6.04 Å². The lowest BCUT2D eigenvalue weighted by molar-refractivity contribution is -0.139. The molecule has 2 aliphatic rings. The number of aliphatic carboxylic acids is 1. The highest BCUT2D eigenvalue weighted by atomic mass is 16.4. The van der Waals surface area contributed by atoms with Crippen molar-refractivity contribution in [1.29, 1.82) is 0 Å². The number of hydrogen-bond donors (Lipinski definition) is 1. The predicted octanol–water partition coefficient (Wildman–Crippen LogP) is 4.13. The number of fused-ring (bicyclic) bond motifs is 2. The first-order valence-electron chi connectivity index (χ1n) is 8.88. The molecule has 0 saturated heterocycles. The second kappa shape index (κ2) is 6.25. The summed E-state index contributed by atoms with van der Waals surface area (Å²) in [6.45, 7) is 8.09. The Hall–Kier alpha value is -2.23. The Morgan fingerprint density at radius 2 is 1.80 bits per heavy atom. The molecule has 1 N–H and O–H groups in total. The van der Waals surface area contributed by atoms with Gasteiger partial charge in [0, 0.05) is 11.1 Å². The van der Waals surface area contributed by atoms with Crippen LogP contribution in [0.1, 0.15) is 58.1 Å².